The van der Waals surface area contributed by atoms with Crippen LogP contribution in [-0.2, 0) is 4.79 Å². The Morgan fingerprint density at radius 2 is 2.00 bits per heavy atom. The van der Waals surface area contributed by atoms with Gasteiger partial charge >= 0.3 is 0 Å². The van der Waals surface area contributed by atoms with Crippen molar-refractivity contribution in [3.8, 4) is 0 Å². The van der Waals surface area contributed by atoms with Gasteiger partial charge in [-0.2, -0.15) is 0 Å². The lowest BCUT2D eigenvalue weighted by Gasteiger charge is -2.29. The van der Waals surface area contributed by atoms with Crippen LogP contribution in [-0.4, -0.2) is 41.9 Å². The number of carbonyl (C=O) groups is 1. The first-order valence-electron chi connectivity index (χ1n) is 5.90. The topological polar surface area (TPSA) is 32.3 Å². The van der Waals surface area contributed by atoms with Gasteiger partial charge in [-0.25, -0.2) is 0 Å². The zero-order valence-electron chi connectivity index (χ0n) is 9.04. The summed E-state index contributed by atoms with van der Waals surface area (Å²) in [7, 11) is 0. The molecule has 0 spiro atoms. The second kappa shape index (κ2) is 5.17. The summed E-state index contributed by atoms with van der Waals surface area (Å²) in [5.41, 5.74) is 0. The molecule has 0 radical (unpaired) electrons. The summed E-state index contributed by atoms with van der Waals surface area (Å²) in [5.74, 6) is 0.0659. The highest BCUT2D eigenvalue weighted by molar-refractivity contribution is 6.27. The highest BCUT2D eigenvalue weighted by atomic mass is 35.5. The molecule has 1 aliphatic heterocycles. The summed E-state index contributed by atoms with van der Waals surface area (Å²) in [4.78, 5) is 13.8. The third-order valence-electron chi connectivity index (χ3n) is 3.56. The molecule has 2 atom stereocenters. The zero-order valence-corrected chi connectivity index (χ0v) is 9.80. The van der Waals surface area contributed by atoms with Crippen LogP contribution in [0.5, 0.6) is 0 Å². The minimum absolute atomic E-state index is 0.0206. The molecule has 2 aliphatic rings. The molecular weight excluding hydrogens is 212 g/mol. The van der Waals surface area contributed by atoms with Gasteiger partial charge in [0.15, 0.2) is 0 Å². The molecule has 3 nitrogen and oxygen atoms in total. The molecule has 1 amide bonds. The van der Waals surface area contributed by atoms with Gasteiger partial charge in [-0.3, -0.25) is 9.69 Å². The number of hydrogen-bond acceptors (Lipinski definition) is 2. The molecule has 2 rings (SSSR count). The average Bonchev–Trinajstić information content (AvgIpc) is 2.86. The van der Waals surface area contributed by atoms with Gasteiger partial charge in [0.1, 0.15) is 5.88 Å². The first kappa shape index (κ1) is 11.2. The molecule has 0 unspecified atom stereocenters. The Labute approximate surface area is 96.2 Å². The summed E-state index contributed by atoms with van der Waals surface area (Å²) < 4.78 is 0. The van der Waals surface area contributed by atoms with E-state index in [1.165, 1.54) is 38.8 Å². The molecule has 4 heteroatoms. The Kier molecular flexibility index (Phi) is 3.87. The number of likely N-dealkylation sites (tertiary alicyclic amines) is 1. The van der Waals surface area contributed by atoms with Crippen molar-refractivity contribution in [2.24, 2.45) is 0 Å². The van der Waals surface area contributed by atoms with Crippen molar-refractivity contribution in [3.05, 3.63) is 0 Å². The highest BCUT2D eigenvalue weighted by Crippen LogP contribution is 2.27. The average molecular weight is 231 g/mol. The minimum atomic E-state index is -0.0206. The van der Waals surface area contributed by atoms with Gasteiger partial charge in [-0.1, -0.05) is 0 Å². The van der Waals surface area contributed by atoms with Crippen LogP contribution in [0.3, 0.4) is 0 Å². The summed E-state index contributed by atoms with van der Waals surface area (Å²) in [6, 6.07) is 0.911. The van der Waals surface area contributed by atoms with E-state index in [4.69, 9.17) is 11.6 Å². The Bertz CT molecular complexity index is 229. The van der Waals surface area contributed by atoms with E-state index in [2.05, 4.69) is 10.2 Å². The predicted octanol–water partition coefficient (Wildman–Crippen LogP) is 1.36. The number of carbonyl (C=O) groups excluding carboxylic acids is 1. The lowest BCUT2D eigenvalue weighted by molar-refractivity contribution is -0.119. The van der Waals surface area contributed by atoms with Gasteiger partial charge in [-0.15, -0.1) is 11.6 Å². The first-order chi connectivity index (χ1) is 7.31. The number of rotatable bonds is 3. The van der Waals surface area contributed by atoms with E-state index >= 15 is 0 Å². The van der Waals surface area contributed by atoms with Crippen molar-refractivity contribution < 1.29 is 4.79 Å². The number of hydrogen-bond donors (Lipinski definition) is 1. The second-order valence-corrected chi connectivity index (χ2v) is 4.82. The summed E-state index contributed by atoms with van der Waals surface area (Å²) >= 11 is 5.51. The van der Waals surface area contributed by atoms with E-state index < -0.39 is 0 Å². The fourth-order valence-corrected chi connectivity index (χ4v) is 2.94. The number of alkyl halides is 1. The van der Waals surface area contributed by atoms with Crippen LogP contribution in [0, 0.1) is 0 Å². The quantitative estimate of drug-likeness (QED) is 0.743. The molecule has 1 saturated carbocycles. The normalized spacial score (nSPS) is 32.1. The monoisotopic (exact) mass is 230 g/mol. The number of halogens is 1. The maximum atomic E-state index is 11.3. The van der Waals surface area contributed by atoms with Crippen LogP contribution in [0.1, 0.15) is 32.1 Å². The summed E-state index contributed by atoms with van der Waals surface area (Å²) in [5, 5.41) is 3.04. The Hall–Kier alpha value is -0.280. The van der Waals surface area contributed by atoms with E-state index in [0.29, 0.717) is 12.1 Å². The number of nitrogens with one attached hydrogen (secondary N) is 1. The van der Waals surface area contributed by atoms with Crippen LogP contribution in [0.25, 0.3) is 0 Å². The van der Waals surface area contributed by atoms with E-state index in [9.17, 15) is 4.79 Å². The fraction of sp³-hybridized carbons (Fsp3) is 0.909. The molecule has 0 bridgehead atoms. The van der Waals surface area contributed by atoms with Gasteiger partial charge < -0.3 is 5.32 Å². The van der Waals surface area contributed by atoms with Crippen molar-refractivity contribution in [2.75, 3.05) is 19.0 Å². The predicted molar refractivity (Wildman–Crippen MR) is 61.1 cm³/mol. The van der Waals surface area contributed by atoms with Gasteiger partial charge in [-0.05, 0) is 45.2 Å². The molecule has 0 aromatic rings. The van der Waals surface area contributed by atoms with E-state index in [1.54, 1.807) is 0 Å². The maximum absolute atomic E-state index is 11.3. The Balaban J connectivity index is 1.89. The number of amides is 1. The SMILES string of the molecule is O=C(CCl)N[C@@H]1CCC[C@H]1N1CCCC1. The second-order valence-electron chi connectivity index (χ2n) is 4.55. The van der Waals surface area contributed by atoms with Gasteiger partial charge in [0.05, 0.1) is 0 Å². The van der Waals surface area contributed by atoms with Crippen LogP contribution < -0.4 is 5.32 Å². The summed E-state index contributed by atoms with van der Waals surface area (Å²) in [6.07, 6.45) is 6.20. The third kappa shape index (κ3) is 2.64. The standard InChI is InChI=1S/C11H19ClN2O/c12-8-11(15)13-9-4-3-5-10(9)14-6-1-2-7-14/h9-10H,1-8H2,(H,13,15)/t9-,10-/m1/s1. The maximum Gasteiger partial charge on any atom is 0.235 e. The van der Waals surface area contributed by atoms with Gasteiger partial charge in [0, 0.05) is 12.1 Å². The number of nitrogens with zero attached hydrogens (tertiary/aromatic N) is 1. The van der Waals surface area contributed by atoms with Crippen LogP contribution in [0.4, 0.5) is 0 Å². The molecule has 1 N–H and O–H groups in total. The summed E-state index contributed by atoms with van der Waals surface area (Å²) in [6.45, 7) is 2.41. The zero-order chi connectivity index (χ0) is 10.7. The van der Waals surface area contributed by atoms with Crippen molar-refractivity contribution in [1.29, 1.82) is 0 Å². The largest absolute Gasteiger partial charge is 0.351 e. The molecule has 0 aromatic carbocycles. The molecule has 15 heavy (non-hydrogen) atoms. The lowest BCUT2D eigenvalue weighted by Crippen LogP contribution is -2.48. The lowest BCUT2D eigenvalue weighted by atomic mass is 10.1. The molecule has 2 fully saturated rings. The van der Waals surface area contributed by atoms with Crippen molar-refractivity contribution in [3.63, 3.8) is 0 Å². The first-order valence-corrected chi connectivity index (χ1v) is 6.44. The van der Waals surface area contributed by atoms with Gasteiger partial charge in [0.25, 0.3) is 0 Å². The molecule has 1 aliphatic carbocycles. The third-order valence-corrected chi connectivity index (χ3v) is 3.80. The van der Waals surface area contributed by atoms with Crippen molar-refractivity contribution >= 4 is 17.5 Å². The van der Waals surface area contributed by atoms with Crippen molar-refractivity contribution in [2.45, 2.75) is 44.2 Å². The molecule has 1 saturated heterocycles. The smallest absolute Gasteiger partial charge is 0.235 e. The van der Waals surface area contributed by atoms with Crippen molar-refractivity contribution in [1.82, 2.24) is 10.2 Å². The van der Waals surface area contributed by atoms with E-state index in [1.807, 2.05) is 0 Å². The van der Waals surface area contributed by atoms with Crippen LogP contribution in [0.2, 0.25) is 0 Å². The molecular formula is C11H19ClN2O. The fourth-order valence-electron chi connectivity index (χ4n) is 2.86. The van der Waals surface area contributed by atoms with Gasteiger partial charge in [0.2, 0.25) is 5.91 Å². The molecule has 0 aromatic heterocycles. The highest BCUT2D eigenvalue weighted by Gasteiger charge is 2.33. The molecule has 86 valence electrons. The minimum Gasteiger partial charge on any atom is -0.351 e. The van der Waals surface area contributed by atoms with Crippen LogP contribution in [0.15, 0.2) is 0 Å². The molecule has 1 heterocycles. The Morgan fingerprint density at radius 1 is 1.27 bits per heavy atom. The van der Waals surface area contributed by atoms with E-state index in [-0.39, 0.29) is 11.8 Å². The van der Waals surface area contributed by atoms with E-state index in [0.717, 1.165) is 6.42 Å². The Morgan fingerprint density at radius 3 is 2.67 bits per heavy atom. The van der Waals surface area contributed by atoms with Crippen LogP contribution >= 0.6 is 11.6 Å².